The maximum absolute atomic E-state index is 12.7. The third kappa shape index (κ3) is 3.79. The van der Waals surface area contributed by atoms with Crippen LogP contribution < -0.4 is 5.73 Å². The Morgan fingerprint density at radius 2 is 2.10 bits per heavy atom. The molecule has 0 radical (unpaired) electrons. The lowest BCUT2D eigenvalue weighted by Crippen LogP contribution is -2.33. The molecule has 0 aliphatic carbocycles. The molecule has 116 valence electrons. The Kier molecular flexibility index (Phi) is 4.67. The van der Waals surface area contributed by atoms with Crippen molar-refractivity contribution in [1.82, 2.24) is 4.31 Å². The van der Waals surface area contributed by atoms with Gasteiger partial charge in [0.25, 0.3) is 0 Å². The molecule has 1 aliphatic rings. The van der Waals surface area contributed by atoms with Crippen LogP contribution >= 0.6 is 12.2 Å². The molecule has 0 aromatic heterocycles. The van der Waals surface area contributed by atoms with E-state index in [1.165, 1.54) is 10.4 Å². The second-order valence-corrected chi connectivity index (χ2v) is 8.02. The first-order valence-corrected chi connectivity index (χ1v) is 8.70. The smallest absolute Gasteiger partial charge is 0.243 e. The third-order valence-electron chi connectivity index (χ3n) is 3.78. The highest BCUT2D eigenvalue weighted by Gasteiger charge is 2.31. The van der Waals surface area contributed by atoms with Crippen molar-refractivity contribution in [2.45, 2.75) is 36.7 Å². The molecular weight excluding hydrogens is 308 g/mol. The average molecular weight is 328 g/mol. The summed E-state index contributed by atoms with van der Waals surface area (Å²) in [6.45, 7) is 2.47. The highest BCUT2D eigenvalue weighted by atomic mass is 32.2. The highest BCUT2D eigenvalue weighted by molar-refractivity contribution is 7.89. The van der Waals surface area contributed by atoms with Crippen LogP contribution in [0.25, 0.3) is 0 Å². The lowest BCUT2D eigenvalue weighted by molar-refractivity contribution is 0.0465. The fraction of sp³-hybridized carbons (Fsp3) is 0.500. The second kappa shape index (κ2) is 6.00. The Morgan fingerprint density at radius 3 is 2.76 bits per heavy atom. The van der Waals surface area contributed by atoms with Gasteiger partial charge in [-0.15, -0.1) is 0 Å². The quantitative estimate of drug-likeness (QED) is 0.816. The summed E-state index contributed by atoms with van der Waals surface area (Å²) in [4.78, 5) is 0.361. The molecule has 0 saturated carbocycles. The molecule has 7 heteroatoms. The van der Waals surface area contributed by atoms with Crippen LogP contribution in [-0.4, -0.2) is 41.5 Å². The highest BCUT2D eigenvalue weighted by Crippen LogP contribution is 2.25. The van der Waals surface area contributed by atoms with E-state index in [-0.39, 0.29) is 9.88 Å². The predicted molar refractivity (Wildman–Crippen MR) is 85.6 cm³/mol. The lowest BCUT2D eigenvalue weighted by atomic mass is 9.98. The molecule has 1 unspecified atom stereocenters. The number of aliphatic hydroxyl groups is 1. The molecule has 3 N–H and O–H groups in total. The fourth-order valence-corrected chi connectivity index (χ4v) is 4.09. The van der Waals surface area contributed by atoms with E-state index < -0.39 is 15.6 Å². The van der Waals surface area contributed by atoms with Crippen LogP contribution in [0, 0.1) is 0 Å². The van der Waals surface area contributed by atoms with Gasteiger partial charge in [-0.1, -0.05) is 24.4 Å². The van der Waals surface area contributed by atoms with E-state index in [0.29, 0.717) is 37.9 Å². The van der Waals surface area contributed by atoms with Gasteiger partial charge in [-0.3, -0.25) is 0 Å². The van der Waals surface area contributed by atoms with Crippen LogP contribution in [0.1, 0.15) is 31.7 Å². The second-order valence-electron chi connectivity index (χ2n) is 5.65. The molecule has 21 heavy (non-hydrogen) atoms. The summed E-state index contributed by atoms with van der Waals surface area (Å²) in [5, 5.41) is 10.1. The lowest BCUT2D eigenvalue weighted by Gasteiger charge is -2.22. The van der Waals surface area contributed by atoms with Gasteiger partial charge in [0.15, 0.2) is 0 Å². The van der Waals surface area contributed by atoms with Gasteiger partial charge in [-0.05, 0) is 38.3 Å². The zero-order valence-corrected chi connectivity index (χ0v) is 13.6. The maximum Gasteiger partial charge on any atom is 0.243 e. The average Bonchev–Trinajstić information content (AvgIpc) is 2.60. The van der Waals surface area contributed by atoms with Crippen molar-refractivity contribution >= 4 is 27.2 Å². The Bertz CT molecular complexity index is 641. The van der Waals surface area contributed by atoms with Crippen LogP contribution in [-0.2, 0) is 10.0 Å². The van der Waals surface area contributed by atoms with Crippen molar-refractivity contribution in [3.8, 4) is 0 Å². The van der Waals surface area contributed by atoms with E-state index >= 15 is 0 Å². The largest absolute Gasteiger partial charge is 0.390 e. The van der Waals surface area contributed by atoms with Crippen molar-refractivity contribution in [2.75, 3.05) is 13.1 Å². The topological polar surface area (TPSA) is 83.6 Å². The summed E-state index contributed by atoms with van der Waals surface area (Å²) in [5.41, 5.74) is 5.29. The summed E-state index contributed by atoms with van der Waals surface area (Å²) >= 11 is 4.89. The molecule has 2 rings (SSSR count). The molecule has 1 atom stereocenters. The minimum Gasteiger partial charge on any atom is -0.390 e. The molecule has 0 bridgehead atoms. The summed E-state index contributed by atoms with van der Waals surface area (Å²) in [6, 6.07) is 6.37. The summed E-state index contributed by atoms with van der Waals surface area (Å²) in [6.07, 6.45) is 1.67. The number of benzene rings is 1. The van der Waals surface area contributed by atoms with E-state index in [1.807, 2.05) is 0 Å². The van der Waals surface area contributed by atoms with E-state index in [0.717, 1.165) is 0 Å². The zero-order chi connectivity index (χ0) is 15.7. The van der Waals surface area contributed by atoms with Gasteiger partial charge in [0.1, 0.15) is 4.99 Å². The molecular formula is C14H20N2O3S2. The molecule has 1 heterocycles. The molecule has 1 aromatic rings. The minimum atomic E-state index is -3.58. The van der Waals surface area contributed by atoms with Crippen LogP contribution in [0.3, 0.4) is 0 Å². The first-order valence-electron chi connectivity index (χ1n) is 6.85. The number of sulfonamides is 1. The van der Waals surface area contributed by atoms with Crippen LogP contribution in [0.15, 0.2) is 29.2 Å². The predicted octanol–water partition coefficient (Wildman–Crippen LogP) is 1.25. The summed E-state index contributed by atoms with van der Waals surface area (Å²) in [7, 11) is -3.58. The number of nitrogens with zero attached hydrogens (tertiary/aromatic N) is 1. The molecule has 5 nitrogen and oxygen atoms in total. The molecule has 1 saturated heterocycles. The van der Waals surface area contributed by atoms with Crippen molar-refractivity contribution in [3.05, 3.63) is 29.8 Å². The first-order chi connectivity index (χ1) is 9.72. The molecule has 1 aliphatic heterocycles. The van der Waals surface area contributed by atoms with Gasteiger partial charge in [0.2, 0.25) is 10.0 Å². The standard InChI is InChI=1S/C14H20N2O3S2/c1-14(17)6-3-8-16(9-7-14)21(18,19)12-5-2-4-11(10-12)13(15)20/h2,4-5,10,17H,3,6-9H2,1H3,(H2,15,20). The molecule has 1 aromatic carbocycles. The first kappa shape index (κ1) is 16.4. The van der Waals surface area contributed by atoms with Gasteiger partial charge >= 0.3 is 0 Å². The minimum absolute atomic E-state index is 0.172. The SMILES string of the molecule is CC1(O)CCCN(S(=O)(=O)c2cccc(C(N)=S)c2)CC1. The van der Waals surface area contributed by atoms with Crippen molar-refractivity contribution in [3.63, 3.8) is 0 Å². The van der Waals surface area contributed by atoms with Gasteiger partial charge in [0.05, 0.1) is 10.5 Å². The van der Waals surface area contributed by atoms with E-state index in [4.69, 9.17) is 18.0 Å². The summed E-state index contributed by atoms with van der Waals surface area (Å²) < 4.78 is 26.8. The van der Waals surface area contributed by atoms with E-state index in [9.17, 15) is 13.5 Å². The monoisotopic (exact) mass is 328 g/mol. The van der Waals surface area contributed by atoms with Gasteiger partial charge in [-0.25, -0.2) is 8.42 Å². The normalized spacial score (nSPS) is 24.5. The number of hydrogen-bond acceptors (Lipinski definition) is 4. The van der Waals surface area contributed by atoms with E-state index in [1.54, 1.807) is 25.1 Å². The van der Waals surface area contributed by atoms with Crippen LogP contribution in [0.5, 0.6) is 0 Å². The number of nitrogens with two attached hydrogens (primary N) is 1. The van der Waals surface area contributed by atoms with Crippen molar-refractivity contribution < 1.29 is 13.5 Å². The number of thiocarbonyl (C=S) groups is 1. The van der Waals surface area contributed by atoms with Crippen molar-refractivity contribution in [1.29, 1.82) is 0 Å². The van der Waals surface area contributed by atoms with Gasteiger partial charge in [-0.2, -0.15) is 4.31 Å². The molecule has 0 amide bonds. The molecule has 0 spiro atoms. The van der Waals surface area contributed by atoms with Gasteiger partial charge < -0.3 is 10.8 Å². The number of rotatable bonds is 3. The Balaban J connectivity index is 2.29. The summed E-state index contributed by atoms with van der Waals surface area (Å²) in [5.74, 6) is 0. The number of hydrogen-bond donors (Lipinski definition) is 2. The third-order valence-corrected chi connectivity index (χ3v) is 5.91. The molecule has 1 fully saturated rings. The Labute approximate surface area is 130 Å². The van der Waals surface area contributed by atoms with Crippen molar-refractivity contribution in [2.24, 2.45) is 5.73 Å². The Morgan fingerprint density at radius 1 is 1.38 bits per heavy atom. The fourth-order valence-electron chi connectivity index (χ4n) is 2.44. The zero-order valence-electron chi connectivity index (χ0n) is 11.9. The van der Waals surface area contributed by atoms with Crippen LogP contribution in [0.4, 0.5) is 0 Å². The van der Waals surface area contributed by atoms with Crippen LogP contribution in [0.2, 0.25) is 0 Å². The van der Waals surface area contributed by atoms with E-state index in [2.05, 4.69) is 0 Å². The van der Waals surface area contributed by atoms with Gasteiger partial charge in [0, 0.05) is 18.7 Å². The maximum atomic E-state index is 12.7. The Hall–Kier alpha value is -1.02.